The van der Waals surface area contributed by atoms with Gasteiger partial charge in [-0.05, 0) is 11.6 Å². The van der Waals surface area contributed by atoms with Gasteiger partial charge in [0.25, 0.3) is 0 Å². The third-order valence-electron chi connectivity index (χ3n) is 1.88. The lowest BCUT2D eigenvalue weighted by Crippen LogP contribution is -1.92. The van der Waals surface area contributed by atoms with Gasteiger partial charge < -0.3 is 9.47 Å². The number of ether oxygens (including phenoxy) is 2. The lowest BCUT2D eigenvalue weighted by atomic mass is 10.2. The molecule has 1 aliphatic heterocycles. The number of hydrogen-bond donors (Lipinski definition) is 0. The summed E-state index contributed by atoms with van der Waals surface area (Å²) in [6.45, 7) is 0.258. The van der Waals surface area contributed by atoms with Gasteiger partial charge in [-0.25, -0.2) is 0 Å². The second kappa shape index (κ2) is 4.11. The molecule has 0 saturated heterocycles. The van der Waals surface area contributed by atoms with Crippen molar-refractivity contribution in [3.8, 4) is 11.5 Å². The number of hydrogen-bond acceptors (Lipinski definition) is 2. The molecule has 1 heterocycles. The van der Waals surface area contributed by atoms with Crippen molar-refractivity contribution in [3.63, 3.8) is 0 Å². The summed E-state index contributed by atoms with van der Waals surface area (Å²) >= 11 is 11.5. The second-order valence-electron chi connectivity index (χ2n) is 2.78. The predicted octanol–water partition coefficient (Wildman–Crippen LogP) is 3.32. The monoisotopic (exact) mass is 230 g/mol. The summed E-state index contributed by atoms with van der Waals surface area (Å²) in [6.07, 6.45) is 3.68. The van der Waals surface area contributed by atoms with Gasteiger partial charge >= 0.3 is 0 Å². The fraction of sp³-hybridized carbons (Fsp3) is 0.200. The third-order valence-corrected chi connectivity index (χ3v) is 2.38. The first-order valence-corrected chi connectivity index (χ1v) is 5.04. The average Bonchev–Trinajstić information content (AvgIpc) is 2.61. The highest BCUT2D eigenvalue weighted by Crippen LogP contribution is 2.37. The van der Waals surface area contributed by atoms with Crippen molar-refractivity contribution in [2.24, 2.45) is 0 Å². The first kappa shape index (κ1) is 9.69. The van der Waals surface area contributed by atoms with E-state index in [-0.39, 0.29) is 6.79 Å². The summed E-state index contributed by atoms with van der Waals surface area (Å²) in [7, 11) is 0. The molecule has 0 fully saturated rings. The highest BCUT2D eigenvalue weighted by atomic mass is 35.5. The molecule has 74 valence electrons. The van der Waals surface area contributed by atoms with Crippen LogP contribution in [0.1, 0.15) is 5.56 Å². The molecule has 0 unspecified atom stereocenters. The molecule has 4 heteroatoms. The van der Waals surface area contributed by atoms with Crippen molar-refractivity contribution in [1.29, 1.82) is 0 Å². The topological polar surface area (TPSA) is 18.5 Å². The van der Waals surface area contributed by atoms with Crippen molar-refractivity contribution < 1.29 is 9.47 Å². The lowest BCUT2D eigenvalue weighted by Gasteiger charge is -2.00. The van der Waals surface area contributed by atoms with E-state index < -0.39 is 0 Å². The van der Waals surface area contributed by atoms with Crippen LogP contribution < -0.4 is 9.47 Å². The molecule has 14 heavy (non-hydrogen) atoms. The molecular formula is C10H8Cl2O2. The molecule has 1 aliphatic rings. The molecule has 0 bridgehead atoms. The van der Waals surface area contributed by atoms with Gasteiger partial charge in [-0.2, -0.15) is 0 Å². The maximum atomic E-state index is 6.01. The lowest BCUT2D eigenvalue weighted by molar-refractivity contribution is 0.174. The molecule has 0 aromatic heterocycles. The molecule has 0 saturated carbocycles. The molecule has 0 atom stereocenters. The highest BCUT2D eigenvalue weighted by Gasteiger charge is 2.15. The van der Waals surface area contributed by atoms with Gasteiger partial charge in [-0.1, -0.05) is 23.8 Å². The predicted molar refractivity (Wildman–Crippen MR) is 57.3 cm³/mol. The van der Waals surface area contributed by atoms with Crippen LogP contribution in [0.3, 0.4) is 0 Å². The Labute approximate surface area is 92.0 Å². The zero-order chi connectivity index (χ0) is 9.97. The summed E-state index contributed by atoms with van der Waals surface area (Å²) in [5, 5.41) is 0.635. The van der Waals surface area contributed by atoms with E-state index in [4.69, 9.17) is 32.7 Å². The van der Waals surface area contributed by atoms with Gasteiger partial charge in [0.15, 0.2) is 11.5 Å². The van der Waals surface area contributed by atoms with Crippen LogP contribution in [-0.2, 0) is 0 Å². The van der Waals surface area contributed by atoms with Crippen LogP contribution in [0, 0.1) is 0 Å². The van der Waals surface area contributed by atoms with Crippen LogP contribution in [0.25, 0.3) is 6.08 Å². The maximum absolute atomic E-state index is 6.01. The van der Waals surface area contributed by atoms with Gasteiger partial charge in [-0.15, -0.1) is 11.6 Å². The largest absolute Gasteiger partial charge is 0.454 e. The minimum Gasteiger partial charge on any atom is -0.454 e. The number of fused-ring (bicyclic) bond motifs is 1. The van der Waals surface area contributed by atoms with Crippen LogP contribution in [0.5, 0.6) is 11.5 Å². The molecular weight excluding hydrogens is 223 g/mol. The zero-order valence-corrected chi connectivity index (χ0v) is 8.81. The van der Waals surface area contributed by atoms with Crippen LogP contribution in [-0.4, -0.2) is 12.7 Å². The van der Waals surface area contributed by atoms with E-state index in [9.17, 15) is 0 Å². The van der Waals surface area contributed by atoms with Crippen molar-refractivity contribution in [3.05, 3.63) is 28.8 Å². The molecule has 1 aromatic carbocycles. The van der Waals surface area contributed by atoms with Crippen molar-refractivity contribution in [1.82, 2.24) is 0 Å². The summed E-state index contributed by atoms with van der Waals surface area (Å²) in [6, 6.07) is 3.59. The fourth-order valence-corrected chi connectivity index (χ4v) is 1.54. The number of rotatable bonds is 2. The Balaban J connectivity index is 2.37. The van der Waals surface area contributed by atoms with E-state index in [1.165, 1.54) is 0 Å². The Morgan fingerprint density at radius 1 is 1.29 bits per heavy atom. The molecule has 0 radical (unpaired) electrons. The Morgan fingerprint density at radius 3 is 2.71 bits per heavy atom. The number of halogens is 2. The average molecular weight is 231 g/mol. The molecule has 0 N–H and O–H groups in total. The molecule has 1 aromatic rings. The van der Waals surface area contributed by atoms with E-state index >= 15 is 0 Å². The first-order valence-electron chi connectivity index (χ1n) is 4.13. The van der Waals surface area contributed by atoms with Gasteiger partial charge in [0.1, 0.15) is 0 Å². The third kappa shape index (κ3) is 1.81. The van der Waals surface area contributed by atoms with Gasteiger partial charge in [0.05, 0.1) is 5.02 Å². The summed E-state index contributed by atoms with van der Waals surface area (Å²) in [4.78, 5) is 0. The van der Waals surface area contributed by atoms with Crippen LogP contribution in [0.4, 0.5) is 0 Å². The fourth-order valence-electron chi connectivity index (χ4n) is 1.23. The van der Waals surface area contributed by atoms with Gasteiger partial charge in [-0.3, -0.25) is 0 Å². The standard InChI is InChI=1S/C10H8Cl2O2/c11-3-1-2-7-4-9-10(5-8(7)12)14-6-13-9/h1-2,4-5H,3,6H2. The minimum absolute atomic E-state index is 0.258. The molecule has 2 rings (SSSR count). The Kier molecular flexibility index (Phi) is 2.85. The number of allylic oxidation sites excluding steroid dienone is 1. The highest BCUT2D eigenvalue weighted by molar-refractivity contribution is 6.32. The first-order chi connectivity index (χ1) is 6.81. The SMILES string of the molecule is ClCC=Cc1cc2c(cc1Cl)OCO2. The Bertz CT molecular complexity index is 375. The number of benzene rings is 1. The minimum atomic E-state index is 0.258. The zero-order valence-electron chi connectivity index (χ0n) is 7.30. The van der Waals surface area contributed by atoms with E-state index in [0.717, 1.165) is 11.3 Å². The van der Waals surface area contributed by atoms with Crippen molar-refractivity contribution in [2.45, 2.75) is 0 Å². The van der Waals surface area contributed by atoms with Crippen LogP contribution in [0.15, 0.2) is 18.2 Å². The normalized spacial score (nSPS) is 13.9. The smallest absolute Gasteiger partial charge is 0.231 e. The number of alkyl halides is 1. The summed E-state index contributed by atoms with van der Waals surface area (Å²) in [5.74, 6) is 1.88. The van der Waals surface area contributed by atoms with Crippen LogP contribution >= 0.6 is 23.2 Å². The van der Waals surface area contributed by atoms with Gasteiger partial charge in [0, 0.05) is 11.9 Å². The van der Waals surface area contributed by atoms with E-state index in [0.29, 0.717) is 16.7 Å². The van der Waals surface area contributed by atoms with Gasteiger partial charge in [0.2, 0.25) is 6.79 Å². The Morgan fingerprint density at radius 2 is 2.00 bits per heavy atom. The van der Waals surface area contributed by atoms with E-state index in [2.05, 4.69) is 0 Å². The second-order valence-corrected chi connectivity index (χ2v) is 3.50. The maximum Gasteiger partial charge on any atom is 0.231 e. The Hall–Kier alpha value is -0.860. The molecule has 0 aliphatic carbocycles. The van der Waals surface area contributed by atoms with Crippen molar-refractivity contribution >= 4 is 29.3 Å². The van der Waals surface area contributed by atoms with E-state index in [1.807, 2.05) is 18.2 Å². The molecule has 0 spiro atoms. The quantitative estimate of drug-likeness (QED) is 0.727. The van der Waals surface area contributed by atoms with Crippen LogP contribution in [0.2, 0.25) is 5.02 Å². The summed E-state index contributed by atoms with van der Waals surface area (Å²) < 4.78 is 10.4. The molecule has 0 amide bonds. The van der Waals surface area contributed by atoms with Crippen molar-refractivity contribution in [2.75, 3.05) is 12.7 Å². The summed E-state index contributed by atoms with van der Waals surface area (Å²) in [5.41, 5.74) is 0.886. The van der Waals surface area contributed by atoms with E-state index in [1.54, 1.807) is 6.07 Å². The molecule has 2 nitrogen and oxygen atoms in total.